The Balaban J connectivity index is 1.92. The van der Waals surface area contributed by atoms with Crippen LogP contribution in [0, 0.1) is 11.3 Å². The molecule has 0 unspecified atom stereocenters. The second-order valence-electron chi connectivity index (χ2n) is 6.36. The van der Waals surface area contributed by atoms with E-state index in [0.717, 1.165) is 31.8 Å². The second kappa shape index (κ2) is 5.87. The zero-order valence-electron chi connectivity index (χ0n) is 12.3. The molecule has 0 aliphatic heterocycles. The van der Waals surface area contributed by atoms with Gasteiger partial charge in [-0.05, 0) is 38.6 Å². The molecule has 0 radical (unpaired) electrons. The summed E-state index contributed by atoms with van der Waals surface area (Å²) in [6, 6.07) is 0. The van der Waals surface area contributed by atoms with Crippen LogP contribution in [0.25, 0.3) is 0 Å². The van der Waals surface area contributed by atoms with E-state index in [9.17, 15) is 4.79 Å². The van der Waals surface area contributed by atoms with Crippen LogP contribution >= 0.6 is 0 Å². The van der Waals surface area contributed by atoms with Gasteiger partial charge in [0.05, 0.1) is 6.20 Å². The Bertz CT molecular complexity index is 419. The molecule has 1 heterocycles. The maximum atomic E-state index is 11.5. The normalized spacial score (nSPS) is 27.7. The number of aldehydes is 1. The summed E-state index contributed by atoms with van der Waals surface area (Å²) < 4.78 is 1.82. The summed E-state index contributed by atoms with van der Waals surface area (Å²) in [7, 11) is 4.02. The maximum Gasteiger partial charge on any atom is 0.127 e. The minimum Gasteiger partial charge on any atom is -0.303 e. The zero-order valence-corrected chi connectivity index (χ0v) is 12.3. The zero-order chi connectivity index (χ0) is 13.9. The Morgan fingerprint density at radius 3 is 2.74 bits per heavy atom. The van der Waals surface area contributed by atoms with Gasteiger partial charge >= 0.3 is 0 Å². The summed E-state index contributed by atoms with van der Waals surface area (Å²) in [5, 5.41) is 4.18. The first-order chi connectivity index (χ1) is 9.03. The van der Waals surface area contributed by atoms with E-state index >= 15 is 0 Å². The molecule has 0 saturated heterocycles. The van der Waals surface area contributed by atoms with E-state index in [1.807, 2.05) is 24.1 Å². The third-order valence-corrected chi connectivity index (χ3v) is 4.32. The Labute approximate surface area is 115 Å². The molecule has 1 fully saturated rings. The Hall–Kier alpha value is -1.16. The molecular formula is C15H25N3O. The second-order valence-corrected chi connectivity index (χ2v) is 6.36. The summed E-state index contributed by atoms with van der Waals surface area (Å²) in [6.07, 6.45) is 9.57. The summed E-state index contributed by atoms with van der Waals surface area (Å²) in [5.41, 5.74) is 1.08. The third kappa shape index (κ3) is 3.66. The Morgan fingerprint density at radius 1 is 1.53 bits per heavy atom. The lowest BCUT2D eigenvalue weighted by Gasteiger charge is -2.37. The van der Waals surface area contributed by atoms with Gasteiger partial charge in [-0.3, -0.25) is 4.68 Å². The van der Waals surface area contributed by atoms with E-state index in [1.165, 1.54) is 24.7 Å². The highest BCUT2D eigenvalue weighted by Crippen LogP contribution is 2.37. The van der Waals surface area contributed by atoms with Crippen molar-refractivity contribution >= 4 is 6.29 Å². The molecule has 2 rings (SSSR count). The molecule has 19 heavy (non-hydrogen) atoms. The number of carbonyl (C=O) groups is 1. The third-order valence-electron chi connectivity index (χ3n) is 4.32. The van der Waals surface area contributed by atoms with Crippen molar-refractivity contribution in [2.75, 3.05) is 13.6 Å². The molecule has 1 aromatic heterocycles. The van der Waals surface area contributed by atoms with Gasteiger partial charge in [0.2, 0.25) is 0 Å². The molecule has 106 valence electrons. The molecule has 0 aromatic carbocycles. The highest BCUT2D eigenvalue weighted by atomic mass is 16.1. The fraction of sp³-hybridized carbons (Fsp3) is 0.733. The smallest absolute Gasteiger partial charge is 0.127 e. The number of nitrogens with zero attached hydrogens (tertiary/aromatic N) is 3. The number of hydrogen-bond acceptors (Lipinski definition) is 3. The quantitative estimate of drug-likeness (QED) is 0.765. The lowest BCUT2D eigenvalue weighted by molar-refractivity contribution is -0.119. The number of aryl methyl sites for hydroxylation is 1. The van der Waals surface area contributed by atoms with E-state index < -0.39 is 0 Å². The summed E-state index contributed by atoms with van der Waals surface area (Å²) >= 11 is 0. The standard InChI is InChI=1S/C15H25N3O/c1-13-4-6-15(12-19,7-5-13)11-17(2)9-14-8-16-18(3)10-14/h8,10,12-13H,4-7,9,11H2,1-3H3. The minimum atomic E-state index is -0.122. The Kier molecular flexibility index (Phi) is 4.40. The Morgan fingerprint density at radius 2 is 2.21 bits per heavy atom. The SMILES string of the molecule is CC1CCC(C=O)(CN(C)Cc2cnn(C)c2)CC1. The van der Waals surface area contributed by atoms with Crippen LogP contribution in [-0.2, 0) is 18.4 Å². The molecule has 1 aliphatic carbocycles. The van der Waals surface area contributed by atoms with Crippen LogP contribution < -0.4 is 0 Å². The van der Waals surface area contributed by atoms with Crippen molar-refractivity contribution in [3.05, 3.63) is 18.0 Å². The highest BCUT2D eigenvalue weighted by Gasteiger charge is 2.34. The number of aromatic nitrogens is 2. The molecule has 1 aromatic rings. The van der Waals surface area contributed by atoms with Gasteiger partial charge in [-0.25, -0.2) is 0 Å². The van der Waals surface area contributed by atoms with E-state index in [4.69, 9.17) is 0 Å². The van der Waals surface area contributed by atoms with Gasteiger partial charge in [-0.15, -0.1) is 0 Å². The van der Waals surface area contributed by atoms with Crippen molar-refractivity contribution in [1.82, 2.24) is 14.7 Å². The molecule has 4 nitrogen and oxygen atoms in total. The molecule has 4 heteroatoms. The van der Waals surface area contributed by atoms with Gasteiger partial charge in [0, 0.05) is 37.3 Å². The predicted molar refractivity (Wildman–Crippen MR) is 75.7 cm³/mol. The van der Waals surface area contributed by atoms with E-state index in [2.05, 4.69) is 24.0 Å². The number of hydrogen-bond donors (Lipinski definition) is 0. The first kappa shape index (κ1) is 14.3. The monoisotopic (exact) mass is 263 g/mol. The molecule has 1 aliphatic rings. The van der Waals surface area contributed by atoms with Crippen molar-refractivity contribution in [3.63, 3.8) is 0 Å². The average Bonchev–Trinajstić information content (AvgIpc) is 2.78. The molecule has 0 N–H and O–H groups in total. The van der Waals surface area contributed by atoms with Crippen LogP contribution in [0.1, 0.15) is 38.2 Å². The van der Waals surface area contributed by atoms with Gasteiger partial charge in [0.25, 0.3) is 0 Å². The van der Waals surface area contributed by atoms with Crippen LogP contribution in [0.5, 0.6) is 0 Å². The first-order valence-corrected chi connectivity index (χ1v) is 7.15. The van der Waals surface area contributed by atoms with Gasteiger partial charge in [0.1, 0.15) is 6.29 Å². The first-order valence-electron chi connectivity index (χ1n) is 7.15. The minimum absolute atomic E-state index is 0.122. The molecule has 0 amide bonds. The van der Waals surface area contributed by atoms with E-state index in [0.29, 0.717) is 0 Å². The largest absolute Gasteiger partial charge is 0.303 e. The van der Waals surface area contributed by atoms with Crippen LogP contribution in [0.3, 0.4) is 0 Å². The van der Waals surface area contributed by atoms with Crippen molar-refractivity contribution in [2.45, 2.75) is 39.2 Å². The fourth-order valence-corrected chi connectivity index (χ4v) is 3.11. The molecule has 1 saturated carbocycles. The van der Waals surface area contributed by atoms with Gasteiger partial charge < -0.3 is 9.69 Å². The topological polar surface area (TPSA) is 38.1 Å². The summed E-state index contributed by atoms with van der Waals surface area (Å²) in [5.74, 6) is 0.775. The van der Waals surface area contributed by atoms with Crippen LogP contribution in [-0.4, -0.2) is 34.6 Å². The van der Waals surface area contributed by atoms with Crippen molar-refractivity contribution in [3.8, 4) is 0 Å². The number of rotatable bonds is 5. The van der Waals surface area contributed by atoms with Gasteiger partial charge in [0.15, 0.2) is 0 Å². The summed E-state index contributed by atoms with van der Waals surface area (Å²) in [6.45, 7) is 4.01. The summed E-state index contributed by atoms with van der Waals surface area (Å²) in [4.78, 5) is 13.8. The fourth-order valence-electron chi connectivity index (χ4n) is 3.11. The lowest BCUT2D eigenvalue weighted by atomic mass is 9.71. The molecule has 0 spiro atoms. The maximum absolute atomic E-state index is 11.5. The average molecular weight is 263 g/mol. The van der Waals surface area contributed by atoms with Crippen LogP contribution in [0.4, 0.5) is 0 Å². The molecular weight excluding hydrogens is 238 g/mol. The van der Waals surface area contributed by atoms with Crippen LogP contribution in [0.2, 0.25) is 0 Å². The number of carbonyl (C=O) groups excluding carboxylic acids is 1. The van der Waals surface area contributed by atoms with Crippen molar-refractivity contribution in [1.29, 1.82) is 0 Å². The van der Waals surface area contributed by atoms with Gasteiger partial charge in [-0.1, -0.05) is 6.92 Å². The van der Waals surface area contributed by atoms with E-state index in [-0.39, 0.29) is 5.41 Å². The molecule has 0 bridgehead atoms. The predicted octanol–water partition coefficient (Wildman–Crippen LogP) is 2.25. The van der Waals surface area contributed by atoms with E-state index in [1.54, 1.807) is 0 Å². The van der Waals surface area contributed by atoms with Crippen LogP contribution in [0.15, 0.2) is 12.4 Å². The lowest BCUT2D eigenvalue weighted by Crippen LogP contribution is -2.39. The van der Waals surface area contributed by atoms with Crippen molar-refractivity contribution in [2.24, 2.45) is 18.4 Å². The van der Waals surface area contributed by atoms with Crippen molar-refractivity contribution < 1.29 is 4.79 Å². The highest BCUT2D eigenvalue weighted by molar-refractivity contribution is 5.60. The van der Waals surface area contributed by atoms with Gasteiger partial charge in [-0.2, -0.15) is 5.10 Å². The molecule has 0 atom stereocenters.